The number of hydrogen-bond acceptors (Lipinski definition) is 2. The Kier molecular flexibility index (Phi) is 2.33. The predicted molar refractivity (Wildman–Crippen MR) is 43.3 cm³/mol. The molecular formula is C9H16O2. The summed E-state index contributed by atoms with van der Waals surface area (Å²) < 4.78 is 0. The first kappa shape index (κ1) is 8.72. The molecule has 1 N–H and O–H groups in total. The van der Waals surface area contributed by atoms with E-state index >= 15 is 0 Å². The lowest BCUT2D eigenvalue weighted by Crippen LogP contribution is -2.24. The Bertz CT molecular complexity index is 155. The van der Waals surface area contributed by atoms with Crippen LogP contribution in [0.2, 0.25) is 0 Å². The Labute approximate surface area is 67.6 Å². The van der Waals surface area contributed by atoms with Crippen LogP contribution in [0.1, 0.15) is 39.5 Å². The molecule has 0 saturated heterocycles. The molecule has 1 aliphatic rings. The van der Waals surface area contributed by atoms with E-state index in [4.69, 9.17) is 0 Å². The van der Waals surface area contributed by atoms with Gasteiger partial charge in [0.1, 0.15) is 5.78 Å². The van der Waals surface area contributed by atoms with E-state index in [1.165, 1.54) is 0 Å². The van der Waals surface area contributed by atoms with E-state index in [0.717, 1.165) is 19.3 Å². The van der Waals surface area contributed by atoms with E-state index in [-0.39, 0.29) is 5.92 Å². The number of rotatable bonds is 2. The third-order valence-electron chi connectivity index (χ3n) is 2.18. The van der Waals surface area contributed by atoms with Gasteiger partial charge in [-0.1, -0.05) is 0 Å². The Hall–Kier alpha value is -0.370. The molecule has 0 radical (unpaired) electrons. The average molecular weight is 156 g/mol. The molecule has 1 saturated carbocycles. The zero-order valence-electron chi connectivity index (χ0n) is 7.26. The van der Waals surface area contributed by atoms with Crippen molar-refractivity contribution in [3.63, 3.8) is 0 Å². The third-order valence-corrected chi connectivity index (χ3v) is 2.18. The zero-order chi connectivity index (χ0) is 8.48. The second kappa shape index (κ2) is 2.94. The lowest BCUT2D eigenvalue weighted by Gasteiger charge is -2.20. The van der Waals surface area contributed by atoms with Crippen molar-refractivity contribution in [3.8, 4) is 0 Å². The minimum atomic E-state index is -0.676. The fourth-order valence-corrected chi connectivity index (χ4v) is 1.71. The molecule has 0 bridgehead atoms. The number of hydrogen-bond donors (Lipinski definition) is 1. The molecule has 0 aliphatic heterocycles. The SMILES string of the molecule is CC(C)(O)CC1CCCC1=O. The first-order chi connectivity index (χ1) is 4.99. The highest BCUT2D eigenvalue weighted by Gasteiger charge is 2.29. The quantitative estimate of drug-likeness (QED) is 0.658. The van der Waals surface area contributed by atoms with Gasteiger partial charge in [-0.05, 0) is 33.1 Å². The van der Waals surface area contributed by atoms with Crippen molar-refractivity contribution in [2.24, 2.45) is 5.92 Å². The number of carbonyl (C=O) groups is 1. The second-order valence-corrected chi connectivity index (χ2v) is 4.07. The van der Waals surface area contributed by atoms with Gasteiger partial charge in [0.2, 0.25) is 0 Å². The van der Waals surface area contributed by atoms with Gasteiger partial charge in [-0.2, -0.15) is 0 Å². The van der Waals surface area contributed by atoms with E-state index in [1.807, 2.05) is 0 Å². The standard InChI is InChI=1S/C9H16O2/c1-9(2,11)6-7-4-3-5-8(7)10/h7,11H,3-6H2,1-2H3. The number of ketones is 1. The van der Waals surface area contributed by atoms with Crippen molar-refractivity contribution in [1.82, 2.24) is 0 Å². The molecule has 1 unspecified atom stereocenters. The second-order valence-electron chi connectivity index (χ2n) is 4.07. The van der Waals surface area contributed by atoms with E-state index < -0.39 is 5.60 Å². The first-order valence-corrected chi connectivity index (χ1v) is 4.24. The monoisotopic (exact) mass is 156 g/mol. The number of carbonyl (C=O) groups excluding carboxylic acids is 1. The molecule has 0 aromatic rings. The molecule has 1 aliphatic carbocycles. The normalized spacial score (nSPS) is 26.1. The van der Waals surface area contributed by atoms with Gasteiger partial charge in [0, 0.05) is 12.3 Å². The fourth-order valence-electron chi connectivity index (χ4n) is 1.71. The van der Waals surface area contributed by atoms with Crippen molar-refractivity contribution in [3.05, 3.63) is 0 Å². The fraction of sp³-hybridized carbons (Fsp3) is 0.889. The third kappa shape index (κ3) is 2.62. The number of Topliss-reactive ketones (excluding diaryl/α,β-unsaturated/α-hetero) is 1. The summed E-state index contributed by atoms with van der Waals surface area (Å²) in [5.74, 6) is 0.474. The highest BCUT2D eigenvalue weighted by Crippen LogP contribution is 2.28. The van der Waals surface area contributed by atoms with Gasteiger partial charge in [-0.15, -0.1) is 0 Å². The largest absolute Gasteiger partial charge is 0.390 e. The van der Waals surface area contributed by atoms with E-state index in [0.29, 0.717) is 12.2 Å². The van der Waals surface area contributed by atoms with Crippen molar-refractivity contribution < 1.29 is 9.90 Å². The minimum absolute atomic E-state index is 0.134. The molecular weight excluding hydrogens is 140 g/mol. The van der Waals surface area contributed by atoms with Crippen LogP contribution in [-0.4, -0.2) is 16.5 Å². The molecule has 1 fully saturated rings. The molecule has 0 aromatic heterocycles. The van der Waals surface area contributed by atoms with E-state index in [2.05, 4.69) is 0 Å². The van der Waals surface area contributed by atoms with Gasteiger partial charge in [0.15, 0.2) is 0 Å². The maximum Gasteiger partial charge on any atom is 0.136 e. The molecule has 11 heavy (non-hydrogen) atoms. The summed E-state index contributed by atoms with van der Waals surface area (Å²) in [5.41, 5.74) is -0.676. The van der Waals surface area contributed by atoms with Gasteiger partial charge in [-0.25, -0.2) is 0 Å². The van der Waals surface area contributed by atoms with Gasteiger partial charge in [-0.3, -0.25) is 4.79 Å². The molecule has 1 rings (SSSR count). The Morgan fingerprint density at radius 1 is 1.64 bits per heavy atom. The molecule has 0 spiro atoms. The molecule has 2 nitrogen and oxygen atoms in total. The summed E-state index contributed by atoms with van der Waals surface area (Å²) in [6.45, 7) is 3.52. The van der Waals surface area contributed by atoms with Gasteiger partial charge in [0.05, 0.1) is 5.60 Å². The highest BCUT2D eigenvalue weighted by atomic mass is 16.3. The van der Waals surface area contributed by atoms with Crippen LogP contribution in [-0.2, 0) is 4.79 Å². The maximum atomic E-state index is 11.1. The van der Waals surface area contributed by atoms with Gasteiger partial charge < -0.3 is 5.11 Å². The molecule has 0 heterocycles. The summed E-state index contributed by atoms with van der Waals surface area (Å²) in [5, 5.41) is 9.44. The van der Waals surface area contributed by atoms with Crippen LogP contribution in [0.5, 0.6) is 0 Å². The summed E-state index contributed by atoms with van der Waals surface area (Å²) >= 11 is 0. The lowest BCUT2D eigenvalue weighted by atomic mass is 9.92. The molecule has 0 aromatic carbocycles. The average Bonchev–Trinajstić information content (AvgIpc) is 2.12. The van der Waals surface area contributed by atoms with Crippen LogP contribution in [0.4, 0.5) is 0 Å². The maximum absolute atomic E-state index is 11.1. The molecule has 64 valence electrons. The zero-order valence-corrected chi connectivity index (χ0v) is 7.26. The Morgan fingerprint density at radius 2 is 2.27 bits per heavy atom. The predicted octanol–water partition coefficient (Wildman–Crippen LogP) is 1.52. The van der Waals surface area contributed by atoms with E-state index in [1.54, 1.807) is 13.8 Å². The Morgan fingerprint density at radius 3 is 2.64 bits per heavy atom. The molecule has 0 amide bonds. The van der Waals surface area contributed by atoms with Gasteiger partial charge >= 0.3 is 0 Å². The Balaban J connectivity index is 2.43. The molecule has 1 atom stereocenters. The van der Waals surface area contributed by atoms with Crippen LogP contribution in [0.15, 0.2) is 0 Å². The first-order valence-electron chi connectivity index (χ1n) is 4.24. The minimum Gasteiger partial charge on any atom is -0.390 e. The van der Waals surface area contributed by atoms with Gasteiger partial charge in [0.25, 0.3) is 0 Å². The van der Waals surface area contributed by atoms with Crippen molar-refractivity contribution >= 4 is 5.78 Å². The van der Waals surface area contributed by atoms with Crippen LogP contribution in [0.3, 0.4) is 0 Å². The van der Waals surface area contributed by atoms with E-state index in [9.17, 15) is 9.90 Å². The van der Waals surface area contributed by atoms with Crippen molar-refractivity contribution in [2.45, 2.75) is 45.1 Å². The lowest BCUT2D eigenvalue weighted by molar-refractivity contribution is -0.122. The van der Waals surface area contributed by atoms with Crippen LogP contribution in [0.25, 0.3) is 0 Å². The summed E-state index contributed by atoms with van der Waals surface area (Å²) in [4.78, 5) is 11.1. The van der Waals surface area contributed by atoms with Crippen LogP contribution in [0, 0.1) is 5.92 Å². The summed E-state index contributed by atoms with van der Waals surface area (Å²) in [6, 6.07) is 0. The van der Waals surface area contributed by atoms with Crippen molar-refractivity contribution in [1.29, 1.82) is 0 Å². The van der Waals surface area contributed by atoms with Crippen LogP contribution >= 0.6 is 0 Å². The highest BCUT2D eigenvalue weighted by molar-refractivity contribution is 5.82. The molecule has 2 heteroatoms. The smallest absolute Gasteiger partial charge is 0.136 e. The summed E-state index contributed by atoms with van der Waals surface area (Å²) in [7, 11) is 0. The van der Waals surface area contributed by atoms with Crippen LogP contribution < -0.4 is 0 Å². The number of aliphatic hydroxyl groups is 1. The topological polar surface area (TPSA) is 37.3 Å². The van der Waals surface area contributed by atoms with Crippen molar-refractivity contribution in [2.75, 3.05) is 0 Å². The summed E-state index contributed by atoms with van der Waals surface area (Å²) in [6.07, 6.45) is 3.34.